The summed E-state index contributed by atoms with van der Waals surface area (Å²) in [5.74, 6) is 0.596. The van der Waals surface area contributed by atoms with Crippen LogP contribution >= 0.6 is 0 Å². The van der Waals surface area contributed by atoms with E-state index in [1.807, 2.05) is 4.90 Å². The second kappa shape index (κ2) is 7.43. The second-order valence-electron chi connectivity index (χ2n) is 7.48. The van der Waals surface area contributed by atoms with Gasteiger partial charge < -0.3 is 9.64 Å². The Kier molecular flexibility index (Phi) is 4.83. The average molecular weight is 451 g/mol. The number of morpholine rings is 1. The predicted octanol–water partition coefficient (Wildman–Crippen LogP) is 0.973. The lowest BCUT2D eigenvalue weighted by Crippen LogP contribution is -2.51. The van der Waals surface area contributed by atoms with Gasteiger partial charge in [-0.1, -0.05) is 0 Å². The zero-order valence-corrected chi connectivity index (χ0v) is 17.3. The van der Waals surface area contributed by atoms with E-state index in [1.165, 1.54) is 39.7 Å². The van der Waals surface area contributed by atoms with E-state index in [0.717, 1.165) is 0 Å². The van der Waals surface area contributed by atoms with Gasteiger partial charge in [-0.25, -0.2) is 36.7 Å². The molecule has 3 aromatic rings. The maximum atomic E-state index is 13.1. The van der Waals surface area contributed by atoms with E-state index in [-0.39, 0.29) is 17.8 Å². The van der Waals surface area contributed by atoms with Crippen LogP contribution in [-0.4, -0.2) is 81.9 Å². The molecule has 5 rings (SSSR count). The quantitative estimate of drug-likeness (QED) is 0.578. The first-order chi connectivity index (χ1) is 14.8. The number of nitrogens with zero attached hydrogens (tertiary/aromatic N) is 7. The molecule has 3 aromatic heterocycles. The fourth-order valence-electron chi connectivity index (χ4n) is 4.03. The van der Waals surface area contributed by atoms with Crippen molar-refractivity contribution >= 4 is 21.5 Å². The van der Waals surface area contributed by atoms with E-state index in [4.69, 9.17) is 4.74 Å². The number of rotatable bonds is 4. The third kappa shape index (κ3) is 3.62. The molecule has 2 aliphatic rings. The molecule has 0 saturated carbocycles. The normalized spacial score (nSPS) is 22.4. The number of fused-ring (bicyclic) bond motifs is 2. The van der Waals surface area contributed by atoms with Crippen LogP contribution in [0.3, 0.4) is 0 Å². The van der Waals surface area contributed by atoms with Crippen LogP contribution in [0.25, 0.3) is 17.0 Å². The highest BCUT2D eigenvalue weighted by molar-refractivity contribution is 7.88. The Morgan fingerprint density at radius 2 is 2.03 bits per heavy atom. The van der Waals surface area contributed by atoms with Gasteiger partial charge in [-0.2, -0.15) is 9.40 Å². The lowest BCUT2D eigenvalue weighted by Gasteiger charge is -2.37. The minimum atomic E-state index is -3.33. The van der Waals surface area contributed by atoms with Crippen molar-refractivity contribution in [3.63, 3.8) is 0 Å². The molecule has 164 valence electrons. The first kappa shape index (κ1) is 20.2. The van der Waals surface area contributed by atoms with Crippen LogP contribution in [0.15, 0.2) is 30.7 Å². The molecule has 0 N–H and O–H groups in total. The van der Waals surface area contributed by atoms with Crippen LogP contribution in [0.5, 0.6) is 0 Å². The lowest BCUT2D eigenvalue weighted by molar-refractivity contribution is 0.0328. The van der Waals surface area contributed by atoms with Gasteiger partial charge in [-0.15, -0.1) is 0 Å². The van der Waals surface area contributed by atoms with Crippen LogP contribution in [0.2, 0.25) is 0 Å². The van der Waals surface area contributed by atoms with Gasteiger partial charge in [0.1, 0.15) is 23.5 Å². The number of alkyl halides is 2. The molecule has 0 amide bonds. The first-order valence-corrected chi connectivity index (χ1v) is 11.4. The summed E-state index contributed by atoms with van der Waals surface area (Å²) in [6.45, 7) is 1.58. The summed E-state index contributed by atoms with van der Waals surface area (Å²) in [5.41, 5.74) is 0.988. The van der Waals surface area contributed by atoms with Crippen molar-refractivity contribution in [2.24, 2.45) is 0 Å². The summed E-state index contributed by atoms with van der Waals surface area (Å²) in [4.78, 5) is 14.9. The molecule has 13 heteroatoms. The summed E-state index contributed by atoms with van der Waals surface area (Å²) in [6, 6.07) is 4.26. The van der Waals surface area contributed by atoms with Crippen molar-refractivity contribution in [2.45, 2.75) is 18.6 Å². The minimum Gasteiger partial charge on any atom is -0.373 e. The zero-order valence-electron chi connectivity index (χ0n) is 16.5. The molecule has 0 spiro atoms. The van der Waals surface area contributed by atoms with Crippen LogP contribution in [0.1, 0.15) is 12.1 Å². The zero-order chi connectivity index (χ0) is 21.8. The van der Waals surface area contributed by atoms with Gasteiger partial charge in [0.15, 0.2) is 5.65 Å². The molecule has 2 aliphatic heterocycles. The van der Waals surface area contributed by atoms with Crippen molar-refractivity contribution in [1.82, 2.24) is 28.9 Å². The highest BCUT2D eigenvalue weighted by atomic mass is 32.2. The van der Waals surface area contributed by atoms with Crippen molar-refractivity contribution in [2.75, 3.05) is 37.4 Å². The van der Waals surface area contributed by atoms with Crippen LogP contribution in [-0.2, 0) is 14.8 Å². The number of ether oxygens (including phenoxy) is 1. The molecule has 31 heavy (non-hydrogen) atoms. The molecule has 5 heterocycles. The van der Waals surface area contributed by atoms with Gasteiger partial charge in [0.2, 0.25) is 10.0 Å². The second-order valence-corrected chi connectivity index (χ2v) is 9.47. The number of aromatic nitrogens is 5. The van der Waals surface area contributed by atoms with Gasteiger partial charge in [0.25, 0.3) is 6.43 Å². The fourth-order valence-corrected chi connectivity index (χ4v) is 4.87. The van der Waals surface area contributed by atoms with Crippen LogP contribution in [0, 0.1) is 0 Å². The van der Waals surface area contributed by atoms with Crippen molar-refractivity contribution in [1.29, 1.82) is 0 Å². The van der Waals surface area contributed by atoms with Gasteiger partial charge >= 0.3 is 0 Å². The highest BCUT2D eigenvalue weighted by Crippen LogP contribution is 2.30. The van der Waals surface area contributed by atoms with Crippen molar-refractivity contribution < 1.29 is 21.9 Å². The molecular weight excluding hydrogens is 432 g/mol. The monoisotopic (exact) mass is 451 g/mol. The van der Waals surface area contributed by atoms with Crippen molar-refractivity contribution in [3.05, 3.63) is 36.4 Å². The van der Waals surface area contributed by atoms with Crippen molar-refractivity contribution in [3.8, 4) is 11.4 Å². The third-order valence-corrected chi connectivity index (χ3v) is 6.79. The number of hydrogen-bond donors (Lipinski definition) is 0. The Bertz CT molecular complexity index is 1240. The summed E-state index contributed by atoms with van der Waals surface area (Å²) in [6.07, 6.45) is 1.13. The van der Waals surface area contributed by atoms with Crippen LogP contribution in [0.4, 0.5) is 14.6 Å². The number of halogens is 2. The largest absolute Gasteiger partial charge is 0.373 e. The van der Waals surface area contributed by atoms with Gasteiger partial charge in [-0.05, 0) is 12.1 Å². The number of sulfonamides is 1. The molecule has 0 aliphatic carbocycles. The standard InChI is InChI=1S/C18H19F2N7O3S/c1-31(28,29)25-8-14-15(9-25)30-5-4-26(14)17-6-12(22-10-23-17)13-7-21-16-3-2-11(18(19)20)24-27(13)16/h2-3,6-7,10,14-15,18H,4-5,8-9H2,1H3. The number of hydrogen-bond acceptors (Lipinski definition) is 8. The Hall–Kier alpha value is -2.77. The number of imidazole rings is 1. The minimum absolute atomic E-state index is 0.183. The fraction of sp³-hybridized carbons (Fsp3) is 0.444. The Labute approximate surface area is 176 Å². The van der Waals surface area contributed by atoms with Gasteiger partial charge in [-0.3, -0.25) is 0 Å². The first-order valence-electron chi connectivity index (χ1n) is 9.60. The van der Waals surface area contributed by atoms with Gasteiger partial charge in [0, 0.05) is 25.7 Å². The maximum Gasteiger partial charge on any atom is 0.282 e. The van der Waals surface area contributed by atoms with E-state index in [2.05, 4.69) is 20.1 Å². The van der Waals surface area contributed by atoms with Crippen LogP contribution < -0.4 is 4.90 Å². The Balaban J connectivity index is 1.50. The Morgan fingerprint density at radius 3 is 2.81 bits per heavy atom. The SMILES string of the molecule is CS(=O)(=O)N1CC2OCCN(c3cc(-c4cnc5ccc(C(F)F)nn45)ncn3)C2C1. The molecule has 0 aromatic carbocycles. The van der Waals surface area contributed by atoms with E-state index >= 15 is 0 Å². The molecular formula is C18H19F2N7O3S. The molecule has 0 bridgehead atoms. The molecule has 2 atom stereocenters. The molecule has 2 unspecified atom stereocenters. The third-order valence-electron chi connectivity index (χ3n) is 5.55. The smallest absolute Gasteiger partial charge is 0.282 e. The van der Waals surface area contributed by atoms with E-state index in [1.54, 1.807) is 6.07 Å². The summed E-state index contributed by atoms with van der Waals surface area (Å²) in [5, 5.41) is 3.98. The maximum absolute atomic E-state index is 13.1. The summed E-state index contributed by atoms with van der Waals surface area (Å²) >= 11 is 0. The van der Waals surface area contributed by atoms with E-state index in [9.17, 15) is 17.2 Å². The highest BCUT2D eigenvalue weighted by Gasteiger charge is 2.43. The average Bonchev–Trinajstić information content (AvgIpc) is 3.37. The Morgan fingerprint density at radius 1 is 1.19 bits per heavy atom. The van der Waals surface area contributed by atoms with E-state index < -0.39 is 16.4 Å². The summed E-state index contributed by atoms with van der Waals surface area (Å²) in [7, 11) is -3.33. The number of anilines is 1. The topological polar surface area (TPSA) is 106 Å². The predicted molar refractivity (Wildman–Crippen MR) is 106 cm³/mol. The van der Waals surface area contributed by atoms with Gasteiger partial charge in [0.05, 0.1) is 36.9 Å². The summed E-state index contributed by atoms with van der Waals surface area (Å²) < 4.78 is 58.7. The molecule has 2 saturated heterocycles. The lowest BCUT2D eigenvalue weighted by atomic mass is 10.1. The molecule has 10 nitrogen and oxygen atoms in total. The molecule has 2 fully saturated rings. The van der Waals surface area contributed by atoms with E-state index in [0.29, 0.717) is 49.1 Å². The molecule has 0 radical (unpaired) electrons.